The molecule has 0 saturated heterocycles. The molecular weight excluding hydrogens is 210 g/mol. The monoisotopic (exact) mass is 225 g/mol. The van der Waals surface area contributed by atoms with Gasteiger partial charge in [0.05, 0.1) is 12.5 Å². The number of nitriles is 1. The fourth-order valence-corrected chi connectivity index (χ4v) is 2.08. The molecule has 2 rings (SSSR count). The van der Waals surface area contributed by atoms with Gasteiger partial charge < -0.3 is 0 Å². The number of carbonyl (C=O) groups is 1. The molecule has 1 aliphatic carbocycles. The molecule has 0 saturated carbocycles. The lowest BCUT2D eigenvalue weighted by Crippen LogP contribution is -2.00. The number of hydrogen-bond donors (Lipinski definition) is 0. The summed E-state index contributed by atoms with van der Waals surface area (Å²) in [6.07, 6.45) is 2.59. The van der Waals surface area contributed by atoms with Gasteiger partial charge in [-0.2, -0.15) is 5.26 Å². The number of nitrogens with zero attached hydrogens (tertiary/aromatic N) is 1. The maximum absolute atomic E-state index is 11.6. The molecule has 2 nitrogen and oxygen atoms in total. The molecule has 0 unspecified atom stereocenters. The van der Waals surface area contributed by atoms with E-state index in [2.05, 4.69) is 32.0 Å². The molecule has 0 aliphatic heterocycles. The number of Topliss-reactive ketones (excluding diaryl/α,β-unsaturated/α-hetero) is 1. The van der Waals surface area contributed by atoms with Gasteiger partial charge in [-0.05, 0) is 28.7 Å². The van der Waals surface area contributed by atoms with Crippen molar-refractivity contribution in [1.82, 2.24) is 0 Å². The van der Waals surface area contributed by atoms with E-state index in [4.69, 9.17) is 5.26 Å². The average Bonchev–Trinajstić information content (AvgIpc) is 2.71. The highest BCUT2D eigenvalue weighted by Crippen LogP contribution is 2.29. The minimum atomic E-state index is -0.0465. The summed E-state index contributed by atoms with van der Waals surface area (Å²) in [5.74, 6) is 0.447. The van der Waals surface area contributed by atoms with Crippen LogP contribution in [0, 0.1) is 11.3 Å². The Labute approximate surface area is 102 Å². The molecule has 0 spiro atoms. The molecule has 0 amide bonds. The first-order valence-corrected chi connectivity index (χ1v) is 5.85. The molecular formula is C15H15NO. The number of allylic oxidation sites excluding steroid dienone is 1. The summed E-state index contributed by atoms with van der Waals surface area (Å²) in [4.78, 5) is 11.6. The highest BCUT2D eigenvalue weighted by Gasteiger charge is 2.18. The van der Waals surface area contributed by atoms with Gasteiger partial charge in [-0.1, -0.05) is 32.0 Å². The van der Waals surface area contributed by atoms with E-state index in [0.717, 1.165) is 11.1 Å². The number of ketones is 1. The summed E-state index contributed by atoms with van der Waals surface area (Å²) in [6.45, 7) is 4.31. The van der Waals surface area contributed by atoms with E-state index in [1.807, 2.05) is 12.1 Å². The van der Waals surface area contributed by atoms with E-state index in [1.54, 1.807) is 0 Å². The zero-order chi connectivity index (χ0) is 12.4. The van der Waals surface area contributed by atoms with E-state index in [0.29, 0.717) is 12.3 Å². The van der Waals surface area contributed by atoms with Crippen LogP contribution in [0.1, 0.15) is 42.9 Å². The Kier molecular flexibility index (Phi) is 3.10. The molecule has 0 heterocycles. The standard InChI is InChI=1S/C15H15NO/c1-10(2)11-3-4-12-8-14(9-13(12)7-11)15(17)5-6-16/h3-4,7,9-10H,5,8H2,1-2H3. The Bertz CT molecular complexity index is 532. The Morgan fingerprint density at radius 1 is 1.47 bits per heavy atom. The second-order valence-electron chi connectivity index (χ2n) is 4.72. The molecule has 2 heteroatoms. The molecule has 1 aromatic rings. The van der Waals surface area contributed by atoms with Crippen LogP contribution >= 0.6 is 0 Å². The van der Waals surface area contributed by atoms with Gasteiger partial charge in [0.25, 0.3) is 0 Å². The third-order valence-electron chi connectivity index (χ3n) is 3.14. The van der Waals surface area contributed by atoms with Gasteiger partial charge in [-0.25, -0.2) is 0 Å². The van der Waals surface area contributed by atoms with E-state index in [-0.39, 0.29) is 12.2 Å². The second-order valence-corrected chi connectivity index (χ2v) is 4.72. The second kappa shape index (κ2) is 4.55. The van der Waals surface area contributed by atoms with Crippen LogP contribution < -0.4 is 0 Å². The predicted octanol–water partition coefficient (Wildman–Crippen LogP) is 3.23. The molecule has 0 atom stereocenters. The fraction of sp³-hybridized carbons (Fsp3) is 0.333. The molecule has 0 radical (unpaired) electrons. The smallest absolute Gasteiger partial charge is 0.173 e. The van der Waals surface area contributed by atoms with Crippen molar-refractivity contribution in [1.29, 1.82) is 5.26 Å². The minimum Gasteiger partial charge on any atom is -0.293 e. The summed E-state index contributed by atoms with van der Waals surface area (Å²) in [5.41, 5.74) is 4.38. The topological polar surface area (TPSA) is 40.9 Å². The Balaban J connectivity index is 2.28. The zero-order valence-corrected chi connectivity index (χ0v) is 10.2. The Morgan fingerprint density at radius 2 is 2.24 bits per heavy atom. The van der Waals surface area contributed by atoms with Gasteiger partial charge in [0.1, 0.15) is 0 Å². The Morgan fingerprint density at radius 3 is 2.88 bits per heavy atom. The number of rotatable bonds is 3. The third-order valence-corrected chi connectivity index (χ3v) is 3.14. The average molecular weight is 225 g/mol. The minimum absolute atomic E-state index is 0.0170. The molecule has 17 heavy (non-hydrogen) atoms. The normalized spacial score (nSPS) is 13.2. The van der Waals surface area contributed by atoms with Crippen molar-refractivity contribution in [2.75, 3.05) is 0 Å². The number of fused-ring (bicyclic) bond motifs is 1. The van der Waals surface area contributed by atoms with Gasteiger partial charge in [0.15, 0.2) is 5.78 Å². The molecule has 1 aromatic carbocycles. The highest BCUT2D eigenvalue weighted by molar-refractivity contribution is 6.02. The lowest BCUT2D eigenvalue weighted by molar-refractivity contribution is -0.114. The van der Waals surface area contributed by atoms with Crippen LogP contribution in [0.15, 0.2) is 23.8 Å². The Hall–Kier alpha value is -1.88. The quantitative estimate of drug-likeness (QED) is 0.792. The van der Waals surface area contributed by atoms with Crippen LogP contribution in [-0.4, -0.2) is 5.78 Å². The third kappa shape index (κ3) is 2.29. The van der Waals surface area contributed by atoms with E-state index in [1.165, 1.54) is 11.1 Å². The maximum Gasteiger partial charge on any atom is 0.173 e. The van der Waals surface area contributed by atoms with Gasteiger partial charge in [-0.3, -0.25) is 4.79 Å². The van der Waals surface area contributed by atoms with Gasteiger partial charge in [-0.15, -0.1) is 0 Å². The van der Waals surface area contributed by atoms with Crippen LogP contribution in [0.4, 0.5) is 0 Å². The van der Waals surface area contributed by atoms with Gasteiger partial charge in [0, 0.05) is 12.0 Å². The van der Waals surface area contributed by atoms with Crippen molar-refractivity contribution in [3.05, 3.63) is 40.5 Å². The first kappa shape index (κ1) is 11.6. The summed E-state index contributed by atoms with van der Waals surface area (Å²) in [5, 5.41) is 8.53. The molecule has 0 fully saturated rings. The lowest BCUT2D eigenvalue weighted by atomic mass is 9.98. The van der Waals surface area contributed by atoms with Crippen molar-refractivity contribution in [3.8, 4) is 6.07 Å². The fourth-order valence-electron chi connectivity index (χ4n) is 2.08. The maximum atomic E-state index is 11.6. The molecule has 0 aromatic heterocycles. The van der Waals surface area contributed by atoms with E-state index < -0.39 is 0 Å². The van der Waals surface area contributed by atoms with Crippen LogP contribution in [0.5, 0.6) is 0 Å². The van der Waals surface area contributed by atoms with Crippen LogP contribution in [-0.2, 0) is 11.2 Å². The summed E-state index contributed by atoms with van der Waals surface area (Å²) in [6, 6.07) is 8.27. The van der Waals surface area contributed by atoms with Crippen LogP contribution in [0.3, 0.4) is 0 Å². The number of carbonyl (C=O) groups excluding carboxylic acids is 1. The van der Waals surface area contributed by atoms with Crippen molar-refractivity contribution >= 4 is 11.9 Å². The highest BCUT2D eigenvalue weighted by atomic mass is 16.1. The van der Waals surface area contributed by atoms with E-state index >= 15 is 0 Å². The van der Waals surface area contributed by atoms with Gasteiger partial charge >= 0.3 is 0 Å². The first-order valence-electron chi connectivity index (χ1n) is 5.85. The van der Waals surface area contributed by atoms with E-state index in [9.17, 15) is 4.79 Å². The number of hydrogen-bond acceptors (Lipinski definition) is 2. The first-order chi connectivity index (χ1) is 8.11. The van der Waals surface area contributed by atoms with Crippen molar-refractivity contribution in [2.45, 2.75) is 32.6 Å². The summed E-state index contributed by atoms with van der Waals surface area (Å²) >= 11 is 0. The SMILES string of the molecule is CC(C)c1ccc2c(c1)C=C(C(=O)CC#N)C2. The van der Waals surface area contributed by atoms with Crippen molar-refractivity contribution in [2.24, 2.45) is 0 Å². The van der Waals surface area contributed by atoms with Crippen LogP contribution in [0.25, 0.3) is 6.08 Å². The molecule has 86 valence electrons. The largest absolute Gasteiger partial charge is 0.293 e. The summed E-state index contributed by atoms with van der Waals surface area (Å²) in [7, 11) is 0. The lowest BCUT2D eigenvalue weighted by Gasteiger charge is -2.07. The number of benzene rings is 1. The van der Waals surface area contributed by atoms with Crippen molar-refractivity contribution < 1.29 is 4.79 Å². The molecule has 0 N–H and O–H groups in total. The predicted molar refractivity (Wildman–Crippen MR) is 67.4 cm³/mol. The summed E-state index contributed by atoms with van der Waals surface area (Å²) < 4.78 is 0. The van der Waals surface area contributed by atoms with Gasteiger partial charge in [0.2, 0.25) is 0 Å². The molecule has 0 bridgehead atoms. The van der Waals surface area contributed by atoms with Crippen molar-refractivity contribution in [3.63, 3.8) is 0 Å². The van der Waals surface area contributed by atoms with Crippen LogP contribution in [0.2, 0.25) is 0 Å². The molecule has 1 aliphatic rings. The zero-order valence-electron chi connectivity index (χ0n) is 10.2.